The van der Waals surface area contributed by atoms with Crippen molar-refractivity contribution < 1.29 is 24.5 Å². The Bertz CT molecular complexity index is 954. The summed E-state index contributed by atoms with van der Waals surface area (Å²) in [5.74, 6) is -2.14. The normalized spacial score (nSPS) is 16.2. The summed E-state index contributed by atoms with van der Waals surface area (Å²) in [5.41, 5.74) is 5.50. The highest BCUT2D eigenvalue weighted by molar-refractivity contribution is 5.54. The lowest BCUT2D eigenvalue weighted by atomic mass is 9.87. The first-order valence-corrected chi connectivity index (χ1v) is 6.83. The predicted molar refractivity (Wildman–Crippen MR) is 80.0 cm³/mol. The molecule has 0 fully saturated rings. The number of benzene rings is 1. The van der Waals surface area contributed by atoms with E-state index in [0.717, 1.165) is 6.07 Å². The second kappa shape index (κ2) is 5.64. The van der Waals surface area contributed by atoms with Gasteiger partial charge in [-0.05, 0) is 17.7 Å². The van der Waals surface area contributed by atoms with Crippen LogP contribution in [-0.2, 0) is 6.61 Å². The molecule has 0 saturated carbocycles. The standard InChI is InChI=1S/C16H12N2O6/c17-5-9-13(7-1-2-10(20)11(21)3-7)15-14(24-16(9)18)12(22)4-8(6-19)23-15/h1-4,13,19-21H,6,18H2/t13-/m0/s1. The summed E-state index contributed by atoms with van der Waals surface area (Å²) in [4.78, 5) is 12.1. The van der Waals surface area contributed by atoms with Crippen molar-refractivity contribution in [1.29, 1.82) is 5.26 Å². The van der Waals surface area contributed by atoms with Crippen LogP contribution < -0.4 is 15.9 Å². The summed E-state index contributed by atoms with van der Waals surface area (Å²) in [7, 11) is 0. The molecular formula is C16H12N2O6. The molecule has 5 N–H and O–H groups in total. The number of allylic oxidation sites excluding steroid dienone is 1. The van der Waals surface area contributed by atoms with E-state index in [-0.39, 0.29) is 34.5 Å². The third-order valence-electron chi connectivity index (χ3n) is 3.62. The van der Waals surface area contributed by atoms with Crippen LogP contribution in [0.25, 0.3) is 0 Å². The maximum Gasteiger partial charge on any atom is 0.228 e. The van der Waals surface area contributed by atoms with Gasteiger partial charge in [0, 0.05) is 6.07 Å². The van der Waals surface area contributed by atoms with Crippen molar-refractivity contribution >= 4 is 0 Å². The molecule has 122 valence electrons. The van der Waals surface area contributed by atoms with Gasteiger partial charge < -0.3 is 30.2 Å². The van der Waals surface area contributed by atoms with Gasteiger partial charge in [0.15, 0.2) is 17.3 Å². The van der Waals surface area contributed by atoms with Crippen molar-refractivity contribution in [1.82, 2.24) is 0 Å². The van der Waals surface area contributed by atoms with Crippen molar-refractivity contribution in [3.05, 3.63) is 63.0 Å². The molecule has 24 heavy (non-hydrogen) atoms. The molecule has 1 aromatic heterocycles. The summed E-state index contributed by atoms with van der Waals surface area (Å²) in [6.45, 7) is -0.517. The lowest BCUT2D eigenvalue weighted by Crippen LogP contribution is -2.25. The van der Waals surface area contributed by atoms with Gasteiger partial charge in [0.25, 0.3) is 0 Å². The van der Waals surface area contributed by atoms with Crippen molar-refractivity contribution in [2.75, 3.05) is 0 Å². The highest BCUT2D eigenvalue weighted by Gasteiger charge is 2.35. The number of ether oxygens (including phenoxy) is 1. The minimum atomic E-state index is -0.926. The smallest absolute Gasteiger partial charge is 0.228 e. The first kappa shape index (κ1) is 15.5. The summed E-state index contributed by atoms with van der Waals surface area (Å²) in [6, 6.07) is 6.87. The minimum absolute atomic E-state index is 0.00638. The van der Waals surface area contributed by atoms with Crippen LogP contribution in [0.15, 0.2) is 44.9 Å². The topological polar surface area (TPSA) is 150 Å². The number of rotatable bonds is 2. The molecular weight excluding hydrogens is 316 g/mol. The number of nitrogens with two attached hydrogens (primary N) is 1. The van der Waals surface area contributed by atoms with Gasteiger partial charge in [0.1, 0.15) is 24.0 Å². The first-order chi connectivity index (χ1) is 11.5. The zero-order chi connectivity index (χ0) is 17.4. The fraction of sp³-hybridized carbons (Fsp3) is 0.125. The molecule has 1 aliphatic heterocycles. The molecule has 0 spiro atoms. The first-order valence-electron chi connectivity index (χ1n) is 6.83. The highest BCUT2D eigenvalue weighted by Crippen LogP contribution is 2.42. The molecule has 8 heteroatoms. The van der Waals surface area contributed by atoms with Crippen molar-refractivity contribution in [2.45, 2.75) is 12.5 Å². The lowest BCUT2D eigenvalue weighted by molar-refractivity contribution is 0.231. The average molecular weight is 328 g/mol. The third-order valence-corrected chi connectivity index (χ3v) is 3.62. The number of aliphatic hydroxyl groups is 1. The number of nitrogens with zero attached hydrogens (tertiary/aromatic N) is 1. The molecule has 1 aliphatic rings. The summed E-state index contributed by atoms with van der Waals surface area (Å²) >= 11 is 0. The van der Waals surface area contributed by atoms with Gasteiger partial charge in [0.2, 0.25) is 17.1 Å². The van der Waals surface area contributed by atoms with E-state index in [1.807, 2.05) is 6.07 Å². The Morgan fingerprint density at radius 2 is 2.00 bits per heavy atom. The van der Waals surface area contributed by atoms with Crippen LogP contribution in [0.4, 0.5) is 0 Å². The Hall–Kier alpha value is -3.44. The van der Waals surface area contributed by atoms with E-state index >= 15 is 0 Å². The zero-order valence-electron chi connectivity index (χ0n) is 12.2. The van der Waals surface area contributed by atoms with E-state index in [1.165, 1.54) is 18.2 Å². The molecule has 0 bridgehead atoms. The molecule has 0 radical (unpaired) electrons. The quantitative estimate of drug-likeness (QED) is 0.590. The molecule has 3 rings (SSSR count). The van der Waals surface area contributed by atoms with Gasteiger partial charge in [-0.3, -0.25) is 4.79 Å². The van der Waals surface area contributed by atoms with E-state index in [0.29, 0.717) is 5.56 Å². The number of aliphatic hydroxyl groups excluding tert-OH is 1. The van der Waals surface area contributed by atoms with E-state index in [9.17, 15) is 25.4 Å². The lowest BCUT2D eigenvalue weighted by Gasteiger charge is -2.24. The molecule has 1 aromatic carbocycles. The van der Waals surface area contributed by atoms with Crippen LogP contribution in [0.5, 0.6) is 17.2 Å². The highest BCUT2D eigenvalue weighted by atomic mass is 16.5. The number of phenolic OH excluding ortho intramolecular Hbond substituents is 2. The monoisotopic (exact) mass is 328 g/mol. The Balaban J connectivity index is 2.30. The summed E-state index contributed by atoms with van der Waals surface area (Å²) in [6.07, 6.45) is 0. The molecule has 0 amide bonds. The second-order valence-electron chi connectivity index (χ2n) is 5.10. The van der Waals surface area contributed by atoms with Gasteiger partial charge >= 0.3 is 0 Å². The van der Waals surface area contributed by atoms with E-state index in [1.54, 1.807) is 0 Å². The zero-order valence-corrected chi connectivity index (χ0v) is 12.2. The molecule has 0 aliphatic carbocycles. The van der Waals surface area contributed by atoms with Crippen molar-refractivity contribution in [2.24, 2.45) is 5.73 Å². The van der Waals surface area contributed by atoms with Crippen molar-refractivity contribution in [3.8, 4) is 23.3 Å². The van der Waals surface area contributed by atoms with Gasteiger partial charge in [-0.15, -0.1) is 0 Å². The van der Waals surface area contributed by atoms with E-state index in [4.69, 9.17) is 14.9 Å². The predicted octanol–water partition coefficient (Wildman–Crippen LogP) is 0.761. The molecule has 8 nitrogen and oxygen atoms in total. The molecule has 1 atom stereocenters. The Labute approximate surface area is 135 Å². The van der Waals surface area contributed by atoms with Gasteiger partial charge in [0.05, 0.1) is 5.92 Å². The number of hydrogen-bond acceptors (Lipinski definition) is 8. The van der Waals surface area contributed by atoms with Crippen LogP contribution in [0.1, 0.15) is 23.0 Å². The Morgan fingerprint density at radius 1 is 1.25 bits per heavy atom. The third kappa shape index (κ3) is 2.33. The van der Waals surface area contributed by atoms with E-state index < -0.39 is 23.7 Å². The van der Waals surface area contributed by atoms with Crippen LogP contribution >= 0.6 is 0 Å². The Kier molecular flexibility index (Phi) is 3.63. The minimum Gasteiger partial charge on any atom is -0.504 e. The van der Waals surface area contributed by atoms with E-state index in [2.05, 4.69) is 0 Å². The number of nitriles is 1. The fourth-order valence-corrected chi connectivity index (χ4v) is 2.51. The molecule has 0 saturated heterocycles. The van der Waals surface area contributed by atoms with Crippen LogP contribution in [0, 0.1) is 11.3 Å². The van der Waals surface area contributed by atoms with Crippen LogP contribution in [0.3, 0.4) is 0 Å². The maximum absolute atomic E-state index is 12.1. The summed E-state index contributed by atoms with van der Waals surface area (Å²) < 4.78 is 10.7. The second-order valence-corrected chi connectivity index (χ2v) is 5.10. The number of aromatic hydroxyl groups is 2. The molecule has 0 unspecified atom stereocenters. The van der Waals surface area contributed by atoms with Gasteiger partial charge in [-0.1, -0.05) is 6.07 Å². The van der Waals surface area contributed by atoms with Gasteiger partial charge in [-0.2, -0.15) is 5.26 Å². The van der Waals surface area contributed by atoms with Crippen molar-refractivity contribution in [3.63, 3.8) is 0 Å². The van der Waals surface area contributed by atoms with Gasteiger partial charge in [-0.25, -0.2) is 0 Å². The Morgan fingerprint density at radius 3 is 2.62 bits per heavy atom. The average Bonchev–Trinajstić information content (AvgIpc) is 2.56. The van der Waals surface area contributed by atoms with Crippen LogP contribution in [-0.4, -0.2) is 15.3 Å². The summed E-state index contributed by atoms with van der Waals surface area (Å²) in [5, 5.41) is 37.8. The number of phenols is 2. The number of hydrogen-bond donors (Lipinski definition) is 4. The SMILES string of the molecule is N#CC1=C(N)Oc2c(oc(CO)cc2=O)[C@H]1c1ccc(O)c(O)c1. The fourth-order valence-electron chi connectivity index (χ4n) is 2.51. The maximum atomic E-state index is 12.1. The van der Waals surface area contributed by atoms with Crippen LogP contribution in [0.2, 0.25) is 0 Å². The molecule has 2 heterocycles. The number of fused-ring (bicyclic) bond motifs is 1. The largest absolute Gasteiger partial charge is 0.504 e. The molecule has 2 aromatic rings.